The monoisotopic (exact) mass is 267 g/mol. The van der Waals surface area contributed by atoms with Crippen molar-refractivity contribution >= 4 is 0 Å². The molecular formula is C17H17NO2. The molecule has 2 aliphatic rings. The Morgan fingerprint density at radius 2 is 1.80 bits per heavy atom. The molecule has 1 heterocycles. The van der Waals surface area contributed by atoms with Crippen molar-refractivity contribution in [1.82, 2.24) is 5.32 Å². The van der Waals surface area contributed by atoms with Crippen molar-refractivity contribution in [2.24, 2.45) is 0 Å². The highest BCUT2D eigenvalue weighted by atomic mass is 16.7. The predicted molar refractivity (Wildman–Crippen MR) is 77.3 cm³/mol. The number of hydrogen-bond acceptors (Lipinski definition) is 3. The first-order valence-electron chi connectivity index (χ1n) is 7.02. The zero-order valence-electron chi connectivity index (χ0n) is 11.4. The van der Waals surface area contributed by atoms with Crippen molar-refractivity contribution in [3.8, 4) is 11.5 Å². The van der Waals surface area contributed by atoms with E-state index in [4.69, 9.17) is 9.47 Å². The van der Waals surface area contributed by atoms with Crippen LogP contribution in [0, 0.1) is 0 Å². The van der Waals surface area contributed by atoms with Gasteiger partial charge in [-0.2, -0.15) is 0 Å². The Morgan fingerprint density at radius 3 is 2.65 bits per heavy atom. The van der Waals surface area contributed by atoms with E-state index in [2.05, 4.69) is 41.7 Å². The summed E-state index contributed by atoms with van der Waals surface area (Å²) in [7, 11) is 2.03. The molecule has 0 aromatic heterocycles. The van der Waals surface area contributed by atoms with Crippen molar-refractivity contribution in [2.45, 2.75) is 18.4 Å². The second-order valence-corrected chi connectivity index (χ2v) is 5.37. The number of benzene rings is 2. The van der Waals surface area contributed by atoms with Gasteiger partial charge in [-0.25, -0.2) is 0 Å². The van der Waals surface area contributed by atoms with Crippen molar-refractivity contribution in [1.29, 1.82) is 0 Å². The van der Waals surface area contributed by atoms with Gasteiger partial charge in [-0.3, -0.25) is 0 Å². The van der Waals surface area contributed by atoms with E-state index < -0.39 is 0 Å². The molecule has 1 aliphatic heterocycles. The van der Waals surface area contributed by atoms with Crippen molar-refractivity contribution in [3.05, 3.63) is 59.2 Å². The molecule has 20 heavy (non-hydrogen) atoms. The molecule has 1 aliphatic carbocycles. The van der Waals surface area contributed by atoms with Crippen LogP contribution in [0.2, 0.25) is 0 Å². The average molecular weight is 267 g/mol. The second kappa shape index (κ2) is 4.53. The molecular weight excluding hydrogens is 250 g/mol. The Kier molecular flexibility index (Phi) is 2.67. The molecule has 2 aromatic carbocycles. The van der Waals surface area contributed by atoms with Crippen molar-refractivity contribution in [3.63, 3.8) is 0 Å². The minimum Gasteiger partial charge on any atom is -0.454 e. The summed E-state index contributed by atoms with van der Waals surface area (Å²) < 4.78 is 10.9. The summed E-state index contributed by atoms with van der Waals surface area (Å²) in [6, 6.07) is 15.4. The van der Waals surface area contributed by atoms with Crippen LogP contribution in [0.3, 0.4) is 0 Å². The second-order valence-electron chi connectivity index (χ2n) is 5.37. The van der Waals surface area contributed by atoms with Gasteiger partial charge < -0.3 is 14.8 Å². The normalized spacial score (nSPS) is 22.9. The molecule has 0 amide bonds. The average Bonchev–Trinajstić information content (AvgIpc) is 3.10. The molecule has 0 radical (unpaired) electrons. The quantitative estimate of drug-likeness (QED) is 0.906. The van der Waals surface area contributed by atoms with E-state index in [0.29, 0.717) is 18.8 Å². The lowest BCUT2D eigenvalue weighted by molar-refractivity contribution is 0.174. The molecule has 0 spiro atoms. The van der Waals surface area contributed by atoms with Gasteiger partial charge in [0.15, 0.2) is 11.5 Å². The molecule has 3 nitrogen and oxygen atoms in total. The highest BCUT2D eigenvalue weighted by Gasteiger charge is 2.31. The zero-order chi connectivity index (χ0) is 13.5. The number of ether oxygens (including phenoxy) is 2. The van der Waals surface area contributed by atoms with Crippen LogP contribution in [-0.4, -0.2) is 13.8 Å². The first kappa shape index (κ1) is 11.8. The smallest absolute Gasteiger partial charge is 0.231 e. The highest BCUT2D eigenvalue weighted by molar-refractivity contribution is 5.50. The van der Waals surface area contributed by atoms with E-state index in [1.54, 1.807) is 0 Å². The van der Waals surface area contributed by atoms with Gasteiger partial charge >= 0.3 is 0 Å². The van der Waals surface area contributed by atoms with Gasteiger partial charge in [0.2, 0.25) is 6.79 Å². The molecule has 0 unspecified atom stereocenters. The number of fused-ring (bicyclic) bond motifs is 2. The van der Waals surface area contributed by atoms with Gasteiger partial charge in [-0.05, 0) is 42.3 Å². The molecule has 0 fully saturated rings. The van der Waals surface area contributed by atoms with Crippen LogP contribution in [0.1, 0.15) is 35.1 Å². The Morgan fingerprint density at radius 1 is 1.00 bits per heavy atom. The van der Waals surface area contributed by atoms with Crippen LogP contribution in [0.5, 0.6) is 11.5 Å². The van der Waals surface area contributed by atoms with Crippen LogP contribution >= 0.6 is 0 Å². The fraction of sp³-hybridized carbons (Fsp3) is 0.294. The summed E-state index contributed by atoms with van der Waals surface area (Å²) >= 11 is 0. The Bertz CT molecular complexity index is 653. The summed E-state index contributed by atoms with van der Waals surface area (Å²) in [6.45, 7) is 0.333. The molecule has 102 valence electrons. The van der Waals surface area contributed by atoms with E-state index in [0.717, 1.165) is 17.9 Å². The largest absolute Gasteiger partial charge is 0.454 e. The summed E-state index contributed by atoms with van der Waals surface area (Å²) in [5, 5.41) is 3.42. The first-order chi connectivity index (χ1) is 9.86. The van der Waals surface area contributed by atoms with E-state index in [-0.39, 0.29) is 0 Å². The van der Waals surface area contributed by atoms with E-state index in [1.165, 1.54) is 16.7 Å². The Balaban J connectivity index is 1.76. The summed E-state index contributed by atoms with van der Waals surface area (Å²) in [6.07, 6.45) is 1.09. The lowest BCUT2D eigenvalue weighted by atomic mass is 9.93. The molecule has 1 N–H and O–H groups in total. The van der Waals surface area contributed by atoms with Crippen LogP contribution in [0.15, 0.2) is 42.5 Å². The van der Waals surface area contributed by atoms with Crippen LogP contribution in [0.4, 0.5) is 0 Å². The minimum atomic E-state index is 0.333. The molecule has 3 heteroatoms. The number of rotatable bonds is 2. The lowest BCUT2D eigenvalue weighted by Gasteiger charge is -2.13. The maximum Gasteiger partial charge on any atom is 0.231 e. The van der Waals surface area contributed by atoms with Crippen molar-refractivity contribution < 1.29 is 9.47 Å². The van der Waals surface area contributed by atoms with E-state index >= 15 is 0 Å². The zero-order valence-corrected chi connectivity index (χ0v) is 11.4. The predicted octanol–water partition coefficient (Wildman–Crippen LogP) is 3.21. The van der Waals surface area contributed by atoms with E-state index in [1.807, 2.05) is 13.1 Å². The minimum absolute atomic E-state index is 0.333. The van der Waals surface area contributed by atoms with Gasteiger partial charge in [0.05, 0.1) is 0 Å². The summed E-state index contributed by atoms with van der Waals surface area (Å²) in [5.74, 6) is 2.15. The van der Waals surface area contributed by atoms with Crippen LogP contribution in [-0.2, 0) is 0 Å². The lowest BCUT2D eigenvalue weighted by Crippen LogP contribution is -2.13. The van der Waals surface area contributed by atoms with Gasteiger partial charge in [0, 0.05) is 12.0 Å². The standard InChI is InChI=1S/C17H17NO2/c1-18-15-9-14(12-4-2-3-5-13(12)15)11-6-7-16-17(8-11)20-10-19-16/h2-8,14-15,18H,9-10H2,1H3/t14-,15-/m1/s1. The maximum absolute atomic E-state index is 5.50. The summed E-state index contributed by atoms with van der Waals surface area (Å²) in [4.78, 5) is 0. The van der Waals surface area contributed by atoms with Gasteiger partial charge in [-0.15, -0.1) is 0 Å². The van der Waals surface area contributed by atoms with Crippen LogP contribution in [0.25, 0.3) is 0 Å². The van der Waals surface area contributed by atoms with Gasteiger partial charge in [0.25, 0.3) is 0 Å². The molecule has 0 saturated heterocycles. The number of nitrogens with one attached hydrogen (secondary N) is 1. The first-order valence-corrected chi connectivity index (χ1v) is 7.02. The topological polar surface area (TPSA) is 30.5 Å². The SMILES string of the molecule is CN[C@@H]1C[C@H](c2ccc3c(c2)OCO3)c2ccccc21. The third-order valence-electron chi connectivity index (χ3n) is 4.37. The fourth-order valence-corrected chi connectivity index (χ4v) is 3.35. The molecule has 4 rings (SSSR count). The summed E-state index contributed by atoms with van der Waals surface area (Å²) in [5.41, 5.74) is 4.14. The molecule has 0 saturated carbocycles. The van der Waals surface area contributed by atoms with E-state index in [9.17, 15) is 0 Å². The third kappa shape index (κ3) is 1.70. The Hall–Kier alpha value is -2.00. The third-order valence-corrected chi connectivity index (χ3v) is 4.37. The molecule has 2 atom stereocenters. The molecule has 2 aromatic rings. The maximum atomic E-state index is 5.50. The van der Waals surface area contributed by atoms with Crippen molar-refractivity contribution in [2.75, 3.05) is 13.8 Å². The number of hydrogen-bond donors (Lipinski definition) is 1. The highest BCUT2D eigenvalue weighted by Crippen LogP contribution is 2.45. The Labute approximate surface area is 118 Å². The van der Waals surface area contributed by atoms with Crippen LogP contribution < -0.4 is 14.8 Å². The molecule has 0 bridgehead atoms. The fourth-order valence-electron chi connectivity index (χ4n) is 3.35. The van der Waals surface area contributed by atoms with Gasteiger partial charge in [0.1, 0.15) is 0 Å². The van der Waals surface area contributed by atoms with Gasteiger partial charge in [-0.1, -0.05) is 30.3 Å².